The van der Waals surface area contributed by atoms with Crippen LogP contribution in [0.3, 0.4) is 0 Å². The fourth-order valence-electron chi connectivity index (χ4n) is 5.94. The molecule has 0 amide bonds. The molecule has 3 aliphatic carbocycles. The Balaban J connectivity index is 2.21. The topological polar surface area (TPSA) is 20.2 Å². The van der Waals surface area contributed by atoms with Crippen molar-refractivity contribution in [1.29, 1.82) is 0 Å². The Kier molecular flexibility index (Phi) is 1.98. The van der Waals surface area contributed by atoms with E-state index in [0.29, 0.717) is 17.3 Å². The van der Waals surface area contributed by atoms with Crippen LogP contribution >= 0.6 is 0 Å². The normalized spacial score (nSPS) is 53.7. The zero-order chi connectivity index (χ0) is 11.7. The zero-order valence-electron chi connectivity index (χ0n) is 11.0. The summed E-state index contributed by atoms with van der Waals surface area (Å²) in [6.45, 7) is 9.52. The lowest BCUT2D eigenvalue weighted by Gasteiger charge is -2.53. The molecule has 90 valence electrons. The molecule has 0 heterocycles. The number of aliphatic hydroxyl groups is 1. The van der Waals surface area contributed by atoms with Gasteiger partial charge in [-0.15, -0.1) is 0 Å². The van der Waals surface area contributed by atoms with E-state index in [9.17, 15) is 5.11 Å². The first kappa shape index (κ1) is 10.8. The number of rotatable bonds is 0. The molecule has 2 saturated carbocycles. The van der Waals surface area contributed by atoms with E-state index < -0.39 is 0 Å². The van der Waals surface area contributed by atoms with E-state index in [1.165, 1.54) is 12.8 Å². The second-order valence-electron chi connectivity index (χ2n) is 6.90. The Bertz CT molecular complexity index is 354. The highest BCUT2D eigenvalue weighted by Gasteiger charge is 2.69. The van der Waals surface area contributed by atoms with Gasteiger partial charge in [-0.3, -0.25) is 0 Å². The van der Waals surface area contributed by atoms with E-state index in [1.54, 1.807) is 5.57 Å². The number of hydrogen-bond acceptors (Lipinski definition) is 1. The molecule has 0 unspecified atom stereocenters. The predicted octanol–water partition coefficient (Wildman–Crippen LogP) is 3.39. The molecule has 2 fully saturated rings. The van der Waals surface area contributed by atoms with Gasteiger partial charge in [0, 0.05) is 5.41 Å². The molecule has 1 N–H and O–H groups in total. The monoisotopic (exact) mass is 220 g/mol. The van der Waals surface area contributed by atoms with Gasteiger partial charge < -0.3 is 5.11 Å². The zero-order valence-corrected chi connectivity index (χ0v) is 11.0. The minimum Gasteiger partial charge on any atom is -0.392 e. The summed E-state index contributed by atoms with van der Waals surface area (Å²) in [5.41, 5.74) is 2.15. The Morgan fingerprint density at radius 3 is 2.62 bits per heavy atom. The standard InChI is InChI=1S/C15H24O/c1-9-5-7-11-13(16)12-8-6-10(2)15(9,12)14(11,3)4/h6,9,11-13,16H,5,7-8H2,1-4H3/t9-,11+,12-,13+,15+/m1/s1. The highest BCUT2D eigenvalue weighted by molar-refractivity contribution is 5.33. The Morgan fingerprint density at radius 1 is 1.25 bits per heavy atom. The molecule has 5 atom stereocenters. The third-order valence-electron chi connectivity index (χ3n) is 6.42. The smallest absolute Gasteiger partial charge is 0.0613 e. The Labute approximate surface area is 98.9 Å². The fraction of sp³-hybridized carbons (Fsp3) is 0.867. The van der Waals surface area contributed by atoms with Crippen LogP contribution in [-0.2, 0) is 0 Å². The third kappa shape index (κ3) is 0.860. The highest BCUT2D eigenvalue weighted by Crippen LogP contribution is 2.73. The van der Waals surface area contributed by atoms with Crippen LogP contribution in [0.15, 0.2) is 11.6 Å². The van der Waals surface area contributed by atoms with Gasteiger partial charge in [0.1, 0.15) is 0 Å². The van der Waals surface area contributed by atoms with Crippen LogP contribution < -0.4 is 0 Å². The first-order chi connectivity index (χ1) is 7.44. The molecule has 0 radical (unpaired) electrons. The van der Waals surface area contributed by atoms with Gasteiger partial charge in [0.25, 0.3) is 0 Å². The van der Waals surface area contributed by atoms with Crippen molar-refractivity contribution in [3.05, 3.63) is 11.6 Å². The van der Waals surface area contributed by atoms with Crippen molar-refractivity contribution < 1.29 is 5.11 Å². The minimum absolute atomic E-state index is 0.0614. The van der Waals surface area contributed by atoms with Crippen LogP contribution in [-0.4, -0.2) is 11.2 Å². The van der Waals surface area contributed by atoms with Crippen molar-refractivity contribution in [1.82, 2.24) is 0 Å². The second kappa shape index (κ2) is 2.93. The van der Waals surface area contributed by atoms with Crippen molar-refractivity contribution in [3.8, 4) is 0 Å². The summed E-state index contributed by atoms with van der Waals surface area (Å²) >= 11 is 0. The van der Waals surface area contributed by atoms with Gasteiger partial charge in [-0.2, -0.15) is 0 Å². The van der Waals surface area contributed by atoms with Gasteiger partial charge >= 0.3 is 0 Å². The summed E-state index contributed by atoms with van der Waals surface area (Å²) in [4.78, 5) is 0. The lowest BCUT2D eigenvalue weighted by atomic mass is 9.51. The van der Waals surface area contributed by atoms with Crippen LogP contribution in [0, 0.1) is 28.6 Å². The number of allylic oxidation sites excluding steroid dienone is 2. The molecular weight excluding hydrogens is 196 g/mol. The molecule has 0 aromatic rings. The third-order valence-corrected chi connectivity index (χ3v) is 6.42. The maximum atomic E-state index is 10.6. The summed E-state index contributed by atoms with van der Waals surface area (Å²) in [5, 5.41) is 10.6. The van der Waals surface area contributed by atoms with Crippen molar-refractivity contribution in [3.63, 3.8) is 0 Å². The Hall–Kier alpha value is -0.300. The van der Waals surface area contributed by atoms with Crippen LogP contribution in [0.5, 0.6) is 0 Å². The van der Waals surface area contributed by atoms with Crippen molar-refractivity contribution in [2.24, 2.45) is 28.6 Å². The fourth-order valence-corrected chi connectivity index (χ4v) is 5.94. The average Bonchev–Trinajstić information content (AvgIpc) is 2.57. The second-order valence-corrected chi connectivity index (χ2v) is 6.90. The average molecular weight is 220 g/mol. The molecule has 0 aromatic carbocycles. The first-order valence-electron chi connectivity index (χ1n) is 6.79. The van der Waals surface area contributed by atoms with Gasteiger partial charge in [0.2, 0.25) is 0 Å². The van der Waals surface area contributed by atoms with Gasteiger partial charge in [0.15, 0.2) is 0 Å². The number of hydrogen-bond donors (Lipinski definition) is 1. The molecule has 16 heavy (non-hydrogen) atoms. The first-order valence-corrected chi connectivity index (χ1v) is 6.79. The SMILES string of the molecule is CC1=CC[C@@H]2[C@@H](O)[C@@H]3CC[C@@H](C)[C@]12C3(C)C. The summed E-state index contributed by atoms with van der Waals surface area (Å²) in [6, 6.07) is 0. The maximum absolute atomic E-state index is 10.6. The molecule has 1 spiro atoms. The predicted molar refractivity (Wildman–Crippen MR) is 66.0 cm³/mol. The lowest BCUT2D eigenvalue weighted by Crippen LogP contribution is -2.47. The van der Waals surface area contributed by atoms with Gasteiger partial charge in [-0.25, -0.2) is 0 Å². The van der Waals surface area contributed by atoms with Gasteiger partial charge in [-0.05, 0) is 49.4 Å². The summed E-state index contributed by atoms with van der Waals surface area (Å²) < 4.78 is 0. The molecular formula is C15H24O. The van der Waals surface area contributed by atoms with E-state index in [1.807, 2.05) is 0 Å². The van der Waals surface area contributed by atoms with Crippen LogP contribution in [0.1, 0.15) is 47.0 Å². The van der Waals surface area contributed by atoms with Crippen LogP contribution in [0.2, 0.25) is 0 Å². The van der Waals surface area contributed by atoms with Crippen molar-refractivity contribution in [2.75, 3.05) is 0 Å². The van der Waals surface area contributed by atoms with Crippen LogP contribution in [0.4, 0.5) is 0 Å². The number of fused-ring (bicyclic) bond motifs is 1. The van der Waals surface area contributed by atoms with Crippen LogP contribution in [0.25, 0.3) is 0 Å². The maximum Gasteiger partial charge on any atom is 0.0613 e. The molecule has 0 saturated heterocycles. The molecule has 0 aliphatic heterocycles. The number of aliphatic hydroxyl groups excluding tert-OH is 1. The quantitative estimate of drug-likeness (QED) is 0.620. The van der Waals surface area contributed by atoms with Gasteiger partial charge in [0.05, 0.1) is 6.10 Å². The summed E-state index contributed by atoms with van der Waals surface area (Å²) in [6.07, 6.45) is 5.96. The minimum atomic E-state index is -0.0614. The molecule has 2 bridgehead atoms. The van der Waals surface area contributed by atoms with E-state index >= 15 is 0 Å². The van der Waals surface area contributed by atoms with E-state index in [-0.39, 0.29) is 11.5 Å². The van der Waals surface area contributed by atoms with E-state index in [0.717, 1.165) is 12.3 Å². The van der Waals surface area contributed by atoms with E-state index in [4.69, 9.17) is 0 Å². The molecule has 0 aromatic heterocycles. The summed E-state index contributed by atoms with van der Waals surface area (Å²) in [7, 11) is 0. The van der Waals surface area contributed by atoms with E-state index in [2.05, 4.69) is 33.8 Å². The molecule has 1 nitrogen and oxygen atoms in total. The highest BCUT2D eigenvalue weighted by atomic mass is 16.3. The molecule has 1 heteroatoms. The Morgan fingerprint density at radius 2 is 1.94 bits per heavy atom. The largest absolute Gasteiger partial charge is 0.392 e. The van der Waals surface area contributed by atoms with Crippen molar-refractivity contribution in [2.45, 2.75) is 53.1 Å². The molecule has 3 rings (SSSR count). The molecule has 3 aliphatic rings. The summed E-state index contributed by atoms with van der Waals surface area (Å²) in [5.74, 6) is 1.77. The van der Waals surface area contributed by atoms with Gasteiger partial charge in [-0.1, -0.05) is 32.4 Å². The lowest BCUT2D eigenvalue weighted by molar-refractivity contribution is -0.0117. The van der Waals surface area contributed by atoms with Crippen molar-refractivity contribution >= 4 is 0 Å².